The zero-order valence-corrected chi connectivity index (χ0v) is 10.1. The predicted octanol–water partition coefficient (Wildman–Crippen LogP) is 0.350. The Hall–Kier alpha value is -1.44. The predicted molar refractivity (Wildman–Crippen MR) is 64.9 cm³/mol. The quantitative estimate of drug-likeness (QED) is 0.661. The molecular weight excluding hydrogens is 244 g/mol. The first kappa shape index (κ1) is 13.6. The molecule has 17 heavy (non-hydrogen) atoms. The van der Waals surface area contributed by atoms with Gasteiger partial charge in [-0.3, -0.25) is 13.7 Å². The minimum absolute atomic E-state index is 0.235. The van der Waals surface area contributed by atoms with Gasteiger partial charge in [-0.25, -0.2) is 4.21 Å². The largest absolute Gasteiger partial charge is 0.480 e. The van der Waals surface area contributed by atoms with Gasteiger partial charge in [0.15, 0.2) is 0 Å². The summed E-state index contributed by atoms with van der Waals surface area (Å²) in [6.45, 7) is 1.65. The van der Waals surface area contributed by atoms with Gasteiger partial charge in [0, 0.05) is 0 Å². The van der Waals surface area contributed by atoms with Crippen LogP contribution in [0.5, 0.6) is 0 Å². The molecule has 0 aliphatic carbocycles. The molecule has 0 saturated heterocycles. The number of hydrogen-bond acceptors (Lipinski definition) is 3. The molecule has 0 saturated carbocycles. The average molecular weight is 258 g/mol. The second-order valence-corrected chi connectivity index (χ2v) is 4.47. The Balaban J connectivity index is 2.90. The van der Waals surface area contributed by atoms with Crippen molar-refractivity contribution in [3.63, 3.8) is 0 Å². The summed E-state index contributed by atoms with van der Waals surface area (Å²) >= 11 is -2.31. The number of benzene rings is 1. The van der Waals surface area contributed by atoms with Crippen LogP contribution in [0, 0.1) is 6.92 Å². The van der Waals surface area contributed by atoms with Crippen LogP contribution in [0.1, 0.15) is 5.56 Å². The minimum Gasteiger partial charge on any atom is -0.480 e. The molecule has 7 heteroatoms. The molecule has 0 spiro atoms. The van der Waals surface area contributed by atoms with Gasteiger partial charge in [0.25, 0.3) is 11.3 Å². The molecule has 1 aromatic carbocycles. The molecule has 4 N–H and O–H groups in total. The molecule has 1 aromatic rings. The maximum Gasteiger partial charge on any atom is 0.322 e. The Kier molecular flexibility index (Phi) is 4.62. The van der Waals surface area contributed by atoms with Crippen LogP contribution in [0.4, 0.5) is 5.69 Å². The number of nitrogens with two attached hydrogens (primary N) is 1. The number of aliphatic carboxylic acids is 1. The maximum absolute atomic E-state index is 11.1. The van der Waals surface area contributed by atoms with Crippen molar-refractivity contribution in [3.05, 3.63) is 29.8 Å². The van der Waals surface area contributed by atoms with Crippen LogP contribution < -0.4 is 10.0 Å². The van der Waals surface area contributed by atoms with Gasteiger partial charge in [-0.15, -0.1) is 0 Å². The molecule has 0 amide bonds. The van der Waals surface area contributed by atoms with Gasteiger partial charge in [0.2, 0.25) is 0 Å². The summed E-state index contributed by atoms with van der Waals surface area (Å²) in [6.07, 6.45) is 0. The SMILES string of the molecule is Cc1ccc(N(CC(N)C(=O)O)S(=O)O)cc1. The van der Waals surface area contributed by atoms with Crippen LogP contribution >= 0.6 is 0 Å². The molecule has 0 aliphatic rings. The highest BCUT2D eigenvalue weighted by molar-refractivity contribution is 7.80. The molecule has 0 fully saturated rings. The fraction of sp³-hybridized carbons (Fsp3) is 0.300. The first-order valence-corrected chi connectivity index (χ1v) is 5.91. The van der Waals surface area contributed by atoms with Gasteiger partial charge < -0.3 is 10.8 Å². The normalized spacial score (nSPS) is 14.1. The van der Waals surface area contributed by atoms with Crippen molar-refractivity contribution < 1.29 is 18.7 Å². The van der Waals surface area contributed by atoms with Crippen molar-refractivity contribution in [1.82, 2.24) is 0 Å². The maximum atomic E-state index is 11.1. The number of hydrogen-bond donors (Lipinski definition) is 3. The van der Waals surface area contributed by atoms with E-state index in [-0.39, 0.29) is 6.54 Å². The van der Waals surface area contributed by atoms with Crippen molar-refractivity contribution in [2.45, 2.75) is 13.0 Å². The lowest BCUT2D eigenvalue weighted by molar-refractivity contribution is -0.138. The summed E-state index contributed by atoms with van der Waals surface area (Å²) in [4.78, 5) is 10.6. The van der Waals surface area contributed by atoms with Gasteiger partial charge in [0.05, 0.1) is 12.2 Å². The van der Waals surface area contributed by atoms with E-state index in [1.54, 1.807) is 24.3 Å². The summed E-state index contributed by atoms with van der Waals surface area (Å²) in [5.41, 5.74) is 6.79. The number of rotatable bonds is 5. The molecule has 0 aromatic heterocycles. The monoisotopic (exact) mass is 258 g/mol. The summed E-state index contributed by atoms with van der Waals surface area (Å²) in [6, 6.07) is 5.59. The zero-order chi connectivity index (χ0) is 13.0. The summed E-state index contributed by atoms with van der Waals surface area (Å²) in [7, 11) is 0. The number of nitrogens with zero attached hydrogens (tertiary/aromatic N) is 1. The summed E-state index contributed by atoms with van der Waals surface area (Å²) < 4.78 is 21.3. The van der Waals surface area contributed by atoms with E-state index in [0.29, 0.717) is 5.69 Å². The van der Waals surface area contributed by atoms with Crippen molar-refractivity contribution in [1.29, 1.82) is 0 Å². The van der Waals surface area contributed by atoms with E-state index in [1.807, 2.05) is 6.92 Å². The third kappa shape index (κ3) is 3.81. The van der Waals surface area contributed by atoms with Crippen LogP contribution in [0.25, 0.3) is 0 Å². The van der Waals surface area contributed by atoms with E-state index >= 15 is 0 Å². The van der Waals surface area contributed by atoms with Crippen molar-refractivity contribution in [3.8, 4) is 0 Å². The van der Waals surface area contributed by atoms with E-state index in [2.05, 4.69) is 0 Å². The second kappa shape index (κ2) is 5.76. The van der Waals surface area contributed by atoms with E-state index in [0.717, 1.165) is 9.87 Å². The molecule has 0 radical (unpaired) electrons. The highest BCUT2D eigenvalue weighted by atomic mass is 32.2. The standard InChI is InChI=1S/C10H14N2O4S/c1-7-2-4-8(5-3-7)12(17(15)16)6-9(11)10(13)14/h2-5,9H,6,11H2,1H3,(H,13,14)(H,15,16). The molecule has 94 valence electrons. The third-order valence-electron chi connectivity index (χ3n) is 2.19. The highest BCUT2D eigenvalue weighted by Gasteiger charge is 2.20. The highest BCUT2D eigenvalue weighted by Crippen LogP contribution is 2.16. The molecule has 1 rings (SSSR count). The van der Waals surface area contributed by atoms with E-state index in [4.69, 9.17) is 15.4 Å². The molecule has 0 bridgehead atoms. The van der Waals surface area contributed by atoms with Crippen LogP contribution in [-0.4, -0.2) is 32.4 Å². The Morgan fingerprint density at radius 2 is 2.00 bits per heavy atom. The Labute approximate surface area is 101 Å². The first-order valence-electron chi connectivity index (χ1n) is 4.85. The van der Waals surface area contributed by atoms with Crippen LogP contribution in [0.3, 0.4) is 0 Å². The van der Waals surface area contributed by atoms with Crippen LogP contribution in [-0.2, 0) is 16.1 Å². The van der Waals surface area contributed by atoms with Crippen LogP contribution in [0.15, 0.2) is 24.3 Å². The number of anilines is 1. The van der Waals surface area contributed by atoms with E-state index < -0.39 is 23.3 Å². The number of carboxylic acid groups (broad SMARTS) is 1. The van der Waals surface area contributed by atoms with Gasteiger partial charge in [-0.05, 0) is 19.1 Å². The molecule has 0 heterocycles. The van der Waals surface area contributed by atoms with Crippen LogP contribution in [0.2, 0.25) is 0 Å². The fourth-order valence-electron chi connectivity index (χ4n) is 1.23. The van der Waals surface area contributed by atoms with E-state index in [1.165, 1.54) is 0 Å². The number of carboxylic acids is 1. The van der Waals surface area contributed by atoms with Gasteiger partial charge in [-0.2, -0.15) is 0 Å². The molecule has 2 atom stereocenters. The Morgan fingerprint density at radius 1 is 1.47 bits per heavy atom. The summed E-state index contributed by atoms with van der Waals surface area (Å²) in [5, 5.41) is 8.67. The van der Waals surface area contributed by atoms with Gasteiger partial charge in [0.1, 0.15) is 6.04 Å². The minimum atomic E-state index is -2.31. The van der Waals surface area contributed by atoms with Crippen molar-refractivity contribution in [2.24, 2.45) is 5.73 Å². The van der Waals surface area contributed by atoms with E-state index in [9.17, 15) is 9.00 Å². The van der Waals surface area contributed by atoms with Gasteiger partial charge >= 0.3 is 5.97 Å². The average Bonchev–Trinajstić information content (AvgIpc) is 2.26. The van der Waals surface area contributed by atoms with Crippen molar-refractivity contribution in [2.75, 3.05) is 10.8 Å². The smallest absolute Gasteiger partial charge is 0.322 e. The lowest BCUT2D eigenvalue weighted by atomic mass is 10.2. The van der Waals surface area contributed by atoms with Gasteiger partial charge in [-0.1, -0.05) is 17.7 Å². The molecule has 2 unspecified atom stereocenters. The topological polar surface area (TPSA) is 104 Å². The second-order valence-electron chi connectivity index (χ2n) is 3.57. The molecule has 0 aliphatic heterocycles. The Morgan fingerprint density at radius 3 is 2.41 bits per heavy atom. The first-order chi connectivity index (χ1) is 7.91. The Bertz CT molecular complexity index is 421. The fourth-order valence-corrected chi connectivity index (χ4v) is 1.82. The molecular formula is C10H14N2O4S. The van der Waals surface area contributed by atoms with Crippen molar-refractivity contribution >= 4 is 22.9 Å². The number of aryl methyl sites for hydroxylation is 1. The zero-order valence-electron chi connectivity index (χ0n) is 9.24. The summed E-state index contributed by atoms with van der Waals surface area (Å²) in [5.74, 6) is -1.22. The third-order valence-corrected chi connectivity index (χ3v) is 2.93. The number of carbonyl (C=O) groups is 1. The lowest BCUT2D eigenvalue weighted by Gasteiger charge is -2.21. The lowest BCUT2D eigenvalue weighted by Crippen LogP contribution is -2.43. The molecule has 6 nitrogen and oxygen atoms in total.